The first kappa shape index (κ1) is 27.4. The molecule has 1 fully saturated rings. The monoisotopic (exact) mass is 507 g/mol. The van der Waals surface area contributed by atoms with Crippen LogP contribution in [0.3, 0.4) is 0 Å². The Balaban J connectivity index is 1.61. The average Bonchev–Trinajstić information content (AvgIpc) is 3.24. The summed E-state index contributed by atoms with van der Waals surface area (Å²) in [6.07, 6.45) is -1.48. The second kappa shape index (κ2) is 14.4. The van der Waals surface area contributed by atoms with E-state index in [0.29, 0.717) is 19.8 Å². The Kier molecular flexibility index (Phi) is 10.6. The summed E-state index contributed by atoms with van der Waals surface area (Å²) in [5.41, 5.74) is 3.05. The summed E-state index contributed by atoms with van der Waals surface area (Å²) in [5, 5.41) is 33.4. The van der Waals surface area contributed by atoms with Gasteiger partial charge < -0.3 is 34.8 Å². The molecular formula is C30H37NO6. The molecule has 5 atom stereocenters. The quantitative estimate of drug-likeness (QED) is 0.266. The van der Waals surface area contributed by atoms with Gasteiger partial charge in [-0.1, -0.05) is 91.0 Å². The zero-order valence-electron chi connectivity index (χ0n) is 20.9. The van der Waals surface area contributed by atoms with Crippen LogP contribution in [0.25, 0.3) is 0 Å². The van der Waals surface area contributed by atoms with E-state index < -0.39 is 30.4 Å². The zero-order valence-corrected chi connectivity index (χ0v) is 20.9. The van der Waals surface area contributed by atoms with Gasteiger partial charge in [0.05, 0.1) is 51.8 Å². The summed E-state index contributed by atoms with van der Waals surface area (Å²) in [7, 11) is 0. The molecule has 0 unspecified atom stereocenters. The molecule has 1 aliphatic rings. The third-order valence-corrected chi connectivity index (χ3v) is 6.82. The van der Waals surface area contributed by atoms with Gasteiger partial charge in [-0.2, -0.15) is 0 Å². The molecule has 37 heavy (non-hydrogen) atoms. The molecule has 0 radical (unpaired) electrons. The second-order valence-corrected chi connectivity index (χ2v) is 9.38. The van der Waals surface area contributed by atoms with Gasteiger partial charge in [0.1, 0.15) is 12.2 Å². The number of benzene rings is 3. The largest absolute Gasteiger partial charge is 0.396 e. The summed E-state index contributed by atoms with van der Waals surface area (Å²) in [5.74, 6) is -0.383. The van der Waals surface area contributed by atoms with Crippen LogP contribution >= 0.6 is 0 Å². The molecule has 7 nitrogen and oxygen atoms in total. The Morgan fingerprint density at radius 2 is 0.973 bits per heavy atom. The lowest BCUT2D eigenvalue weighted by Gasteiger charge is -2.30. The maximum Gasteiger partial charge on any atom is 0.112 e. The predicted octanol–water partition coefficient (Wildman–Crippen LogP) is 2.68. The van der Waals surface area contributed by atoms with Crippen molar-refractivity contribution in [2.75, 3.05) is 19.8 Å². The number of rotatable bonds is 14. The van der Waals surface area contributed by atoms with Crippen LogP contribution in [0.4, 0.5) is 0 Å². The maximum absolute atomic E-state index is 10.5. The molecule has 7 heteroatoms. The molecule has 3 aromatic carbocycles. The summed E-state index contributed by atoms with van der Waals surface area (Å²) < 4.78 is 19.4. The minimum atomic E-state index is -0.565. The Labute approximate surface area is 218 Å². The molecule has 0 amide bonds. The molecule has 4 rings (SSSR count). The van der Waals surface area contributed by atoms with Gasteiger partial charge in [-0.05, 0) is 16.7 Å². The Morgan fingerprint density at radius 3 is 1.38 bits per heavy atom. The van der Waals surface area contributed by atoms with Crippen molar-refractivity contribution in [3.8, 4) is 0 Å². The number of nitrogens with one attached hydrogen (secondary N) is 1. The number of aliphatic hydroxyl groups excluding tert-OH is 3. The number of aliphatic hydroxyl groups is 3. The molecular weight excluding hydrogens is 470 g/mol. The topological polar surface area (TPSA) is 100 Å². The summed E-state index contributed by atoms with van der Waals surface area (Å²) in [6.45, 7) is 0.396. The van der Waals surface area contributed by atoms with Gasteiger partial charge in [0.15, 0.2) is 0 Å². The van der Waals surface area contributed by atoms with E-state index in [1.54, 1.807) is 0 Å². The van der Waals surface area contributed by atoms with Crippen LogP contribution in [0.15, 0.2) is 91.0 Å². The highest BCUT2D eigenvalue weighted by atomic mass is 16.6. The molecule has 0 heterocycles. The molecule has 0 aliphatic heterocycles. The van der Waals surface area contributed by atoms with E-state index in [-0.39, 0.29) is 25.7 Å². The summed E-state index contributed by atoms with van der Waals surface area (Å²) >= 11 is 0. The van der Waals surface area contributed by atoms with Crippen LogP contribution in [-0.2, 0) is 34.0 Å². The fourth-order valence-electron chi connectivity index (χ4n) is 4.86. The van der Waals surface area contributed by atoms with Crippen LogP contribution in [-0.4, -0.2) is 65.5 Å². The molecule has 0 bridgehead atoms. The third-order valence-electron chi connectivity index (χ3n) is 6.82. The maximum atomic E-state index is 10.5. The smallest absolute Gasteiger partial charge is 0.112 e. The first-order valence-electron chi connectivity index (χ1n) is 12.8. The highest BCUT2D eigenvalue weighted by Crippen LogP contribution is 2.36. The summed E-state index contributed by atoms with van der Waals surface area (Å²) in [6, 6.07) is 28.7. The van der Waals surface area contributed by atoms with E-state index in [0.717, 1.165) is 16.7 Å². The van der Waals surface area contributed by atoms with Crippen LogP contribution in [0, 0.1) is 5.92 Å². The van der Waals surface area contributed by atoms with Gasteiger partial charge in [0, 0.05) is 12.0 Å². The predicted molar refractivity (Wildman–Crippen MR) is 141 cm³/mol. The van der Waals surface area contributed by atoms with Crippen molar-refractivity contribution in [1.82, 2.24) is 5.32 Å². The third kappa shape index (κ3) is 7.46. The molecule has 0 aromatic heterocycles. The number of ether oxygens (including phenoxy) is 3. The fourth-order valence-corrected chi connectivity index (χ4v) is 4.86. The Bertz CT molecular complexity index is 1020. The average molecular weight is 508 g/mol. The van der Waals surface area contributed by atoms with Crippen LogP contribution < -0.4 is 5.32 Å². The van der Waals surface area contributed by atoms with E-state index >= 15 is 0 Å². The molecule has 1 aliphatic carbocycles. The van der Waals surface area contributed by atoms with Crippen LogP contribution in [0.1, 0.15) is 16.7 Å². The van der Waals surface area contributed by atoms with E-state index in [9.17, 15) is 15.3 Å². The molecule has 4 N–H and O–H groups in total. The van der Waals surface area contributed by atoms with Gasteiger partial charge in [-0.3, -0.25) is 0 Å². The normalized spacial score (nSPS) is 23.5. The summed E-state index contributed by atoms with van der Waals surface area (Å²) in [4.78, 5) is 0. The van der Waals surface area contributed by atoms with Gasteiger partial charge in [0.25, 0.3) is 0 Å². The van der Waals surface area contributed by atoms with Gasteiger partial charge in [0.2, 0.25) is 0 Å². The van der Waals surface area contributed by atoms with Crippen molar-refractivity contribution in [1.29, 1.82) is 0 Å². The van der Waals surface area contributed by atoms with E-state index in [1.807, 2.05) is 91.0 Å². The van der Waals surface area contributed by atoms with Crippen molar-refractivity contribution < 1.29 is 29.5 Å². The van der Waals surface area contributed by atoms with Crippen molar-refractivity contribution in [2.45, 2.75) is 50.2 Å². The van der Waals surface area contributed by atoms with E-state index in [1.165, 1.54) is 0 Å². The number of hydrogen-bond acceptors (Lipinski definition) is 7. The highest BCUT2D eigenvalue weighted by Gasteiger charge is 2.53. The fraction of sp³-hybridized carbons (Fsp3) is 0.400. The minimum absolute atomic E-state index is 0.170. The van der Waals surface area contributed by atoms with Gasteiger partial charge in [-0.15, -0.1) is 0 Å². The standard InChI is InChI=1S/C30H37NO6/c32-16-25(17-33)31-27-26(18-34)28(35-19-22-10-4-1-5-11-22)30(37-21-24-14-8-3-9-15-24)29(27)36-20-23-12-6-2-7-13-23/h1-15,25-34H,16-21H2/t26-,27-,28+,29+,30-/m0/s1. The lowest BCUT2D eigenvalue weighted by Crippen LogP contribution is -2.52. The SMILES string of the molecule is OCC(CO)N[C@H]1[C@H](CO)[C@@H](OCc2ccccc2)[C@H](OCc2ccccc2)[C@@H]1OCc1ccccc1. The number of hydrogen-bond donors (Lipinski definition) is 4. The van der Waals surface area contributed by atoms with Gasteiger partial charge in [-0.25, -0.2) is 0 Å². The van der Waals surface area contributed by atoms with Crippen molar-refractivity contribution >= 4 is 0 Å². The first-order chi connectivity index (χ1) is 18.2. The minimum Gasteiger partial charge on any atom is -0.396 e. The lowest BCUT2D eigenvalue weighted by molar-refractivity contribution is -0.130. The molecule has 0 spiro atoms. The Hall–Kier alpha value is -2.62. The molecule has 0 saturated heterocycles. The molecule has 198 valence electrons. The van der Waals surface area contributed by atoms with Gasteiger partial charge >= 0.3 is 0 Å². The second-order valence-electron chi connectivity index (χ2n) is 9.38. The van der Waals surface area contributed by atoms with Crippen LogP contribution in [0.5, 0.6) is 0 Å². The zero-order chi connectivity index (χ0) is 25.9. The van der Waals surface area contributed by atoms with E-state index in [2.05, 4.69) is 5.32 Å². The van der Waals surface area contributed by atoms with Crippen LogP contribution in [0.2, 0.25) is 0 Å². The molecule has 1 saturated carbocycles. The van der Waals surface area contributed by atoms with E-state index in [4.69, 9.17) is 14.2 Å². The highest BCUT2D eigenvalue weighted by molar-refractivity contribution is 5.16. The lowest BCUT2D eigenvalue weighted by atomic mass is 10.0. The Morgan fingerprint density at radius 1 is 0.568 bits per heavy atom. The van der Waals surface area contributed by atoms with Crippen molar-refractivity contribution in [3.63, 3.8) is 0 Å². The first-order valence-corrected chi connectivity index (χ1v) is 12.8. The van der Waals surface area contributed by atoms with Crippen molar-refractivity contribution in [3.05, 3.63) is 108 Å². The molecule has 3 aromatic rings. The van der Waals surface area contributed by atoms with Crippen molar-refractivity contribution in [2.24, 2.45) is 5.92 Å².